The fourth-order valence-electron chi connectivity index (χ4n) is 1.89. The van der Waals surface area contributed by atoms with E-state index in [1.54, 1.807) is 12.2 Å². The highest BCUT2D eigenvalue weighted by Gasteiger charge is 2.23. The standard InChI is InChI=1S/C16H18O3S/c1-3-8-13(9-4-2)16(20(19)12-15(17)18)14-10-6-5-7-11-14/h3-11,16H,1,12H2,2H3,(H,17,18)/b9-4-,13-8+. The molecule has 0 amide bonds. The van der Waals surface area contributed by atoms with Gasteiger partial charge in [0, 0.05) is 10.8 Å². The number of benzene rings is 1. The van der Waals surface area contributed by atoms with Crippen molar-refractivity contribution in [3.63, 3.8) is 0 Å². The van der Waals surface area contributed by atoms with Gasteiger partial charge in [-0.25, -0.2) is 0 Å². The van der Waals surface area contributed by atoms with E-state index >= 15 is 0 Å². The normalized spacial score (nSPS) is 14.9. The molecule has 1 N–H and O–H groups in total. The average molecular weight is 290 g/mol. The minimum Gasteiger partial charge on any atom is -0.481 e. The molecule has 0 aliphatic carbocycles. The lowest BCUT2D eigenvalue weighted by atomic mass is 10.0. The van der Waals surface area contributed by atoms with E-state index in [2.05, 4.69) is 6.58 Å². The molecule has 0 aliphatic rings. The van der Waals surface area contributed by atoms with Crippen molar-refractivity contribution >= 4 is 16.8 Å². The molecule has 0 aromatic heterocycles. The quantitative estimate of drug-likeness (QED) is 0.784. The van der Waals surface area contributed by atoms with Gasteiger partial charge in [-0.1, -0.05) is 61.2 Å². The fourth-order valence-corrected chi connectivity index (χ4v) is 3.22. The number of hydrogen-bond acceptors (Lipinski definition) is 2. The molecule has 0 spiro atoms. The second kappa shape index (κ2) is 8.27. The summed E-state index contributed by atoms with van der Waals surface area (Å²) >= 11 is 0. The molecule has 1 rings (SSSR count). The highest BCUT2D eigenvalue weighted by molar-refractivity contribution is 7.86. The predicted molar refractivity (Wildman–Crippen MR) is 82.9 cm³/mol. The van der Waals surface area contributed by atoms with Gasteiger partial charge >= 0.3 is 5.97 Å². The third-order valence-electron chi connectivity index (χ3n) is 2.60. The van der Waals surface area contributed by atoms with E-state index < -0.39 is 22.0 Å². The van der Waals surface area contributed by atoms with Crippen molar-refractivity contribution in [1.29, 1.82) is 0 Å². The Hall–Kier alpha value is -1.94. The van der Waals surface area contributed by atoms with Crippen LogP contribution < -0.4 is 0 Å². The number of aliphatic carboxylic acids is 1. The number of carbonyl (C=O) groups is 1. The maximum atomic E-state index is 12.4. The summed E-state index contributed by atoms with van der Waals surface area (Å²) in [5.41, 5.74) is 1.62. The van der Waals surface area contributed by atoms with Crippen LogP contribution in [0.1, 0.15) is 17.7 Å². The van der Waals surface area contributed by atoms with E-state index in [0.29, 0.717) is 0 Å². The third-order valence-corrected chi connectivity index (χ3v) is 4.20. The minimum atomic E-state index is -1.54. The summed E-state index contributed by atoms with van der Waals surface area (Å²) in [5, 5.41) is 8.40. The Morgan fingerprint density at radius 2 is 2.05 bits per heavy atom. The van der Waals surface area contributed by atoms with E-state index in [-0.39, 0.29) is 5.75 Å². The zero-order valence-corrected chi connectivity index (χ0v) is 12.2. The van der Waals surface area contributed by atoms with Gasteiger partial charge in [-0.05, 0) is 18.1 Å². The summed E-state index contributed by atoms with van der Waals surface area (Å²) in [4.78, 5) is 10.8. The number of allylic oxidation sites excluding steroid dienone is 4. The molecule has 2 atom stereocenters. The summed E-state index contributed by atoms with van der Waals surface area (Å²) in [6.45, 7) is 5.51. The molecule has 4 heteroatoms. The molecule has 0 bridgehead atoms. The maximum Gasteiger partial charge on any atom is 0.316 e. The van der Waals surface area contributed by atoms with Crippen molar-refractivity contribution in [3.8, 4) is 0 Å². The van der Waals surface area contributed by atoms with E-state index in [4.69, 9.17) is 5.11 Å². The Balaban J connectivity index is 3.26. The largest absolute Gasteiger partial charge is 0.481 e. The van der Waals surface area contributed by atoms with Crippen molar-refractivity contribution in [1.82, 2.24) is 0 Å². The number of carboxylic acids is 1. The lowest BCUT2D eigenvalue weighted by molar-refractivity contribution is -0.133. The highest BCUT2D eigenvalue weighted by atomic mass is 32.2. The Morgan fingerprint density at radius 1 is 1.40 bits per heavy atom. The topological polar surface area (TPSA) is 54.4 Å². The summed E-state index contributed by atoms with van der Waals surface area (Å²) in [6.07, 6.45) is 7.04. The molecule has 0 saturated carbocycles. The van der Waals surface area contributed by atoms with Crippen LogP contribution in [-0.2, 0) is 15.6 Å². The van der Waals surface area contributed by atoms with Crippen LogP contribution in [0.2, 0.25) is 0 Å². The Kier molecular flexibility index (Phi) is 6.67. The van der Waals surface area contributed by atoms with E-state index in [1.165, 1.54) is 0 Å². The van der Waals surface area contributed by atoms with Crippen molar-refractivity contribution < 1.29 is 14.1 Å². The minimum absolute atomic E-state index is 0.383. The van der Waals surface area contributed by atoms with Gasteiger partial charge in [-0.3, -0.25) is 9.00 Å². The van der Waals surface area contributed by atoms with Crippen molar-refractivity contribution in [2.24, 2.45) is 0 Å². The van der Waals surface area contributed by atoms with Crippen LogP contribution >= 0.6 is 0 Å². The van der Waals surface area contributed by atoms with E-state index in [9.17, 15) is 9.00 Å². The smallest absolute Gasteiger partial charge is 0.316 e. The lowest BCUT2D eigenvalue weighted by Gasteiger charge is -2.17. The second-order valence-electron chi connectivity index (χ2n) is 4.11. The molecule has 0 saturated heterocycles. The summed E-state index contributed by atoms with van der Waals surface area (Å²) < 4.78 is 12.4. The van der Waals surface area contributed by atoms with Gasteiger partial charge < -0.3 is 5.11 Å². The molecule has 2 unspecified atom stereocenters. The third kappa shape index (κ3) is 4.63. The van der Waals surface area contributed by atoms with Crippen LogP contribution in [0.3, 0.4) is 0 Å². The number of hydrogen-bond donors (Lipinski definition) is 1. The number of carboxylic acid groups (broad SMARTS) is 1. The van der Waals surface area contributed by atoms with Gasteiger partial charge in [0.1, 0.15) is 5.75 Å². The van der Waals surface area contributed by atoms with Gasteiger partial charge in [0.05, 0.1) is 5.25 Å². The Morgan fingerprint density at radius 3 is 2.55 bits per heavy atom. The molecular weight excluding hydrogens is 272 g/mol. The molecule has 0 aliphatic heterocycles. The van der Waals surface area contributed by atoms with Gasteiger partial charge in [-0.15, -0.1) is 0 Å². The van der Waals surface area contributed by atoms with Crippen LogP contribution in [0.4, 0.5) is 0 Å². The summed E-state index contributed by atoms with van der Waals surface area (Å²) in [6, 6.07) is 9.27. The zero-order chi connectivity index (χ0) is 15.0. The molecular formula is C16H18O3S. The van der Waals surface area contributed by atoms with Crippen LogP contribution in [0.25, 0.3) is 0 Å². The zero-order valence-electron chi connectivity index (χ0n) is 11.4. The SMILES string of the molecule is C=C/C=C(\C=C/C)C(c1ccccc1)S(=O)CC(=O)O. The monoisotopic (exact) mass is 290 g/mol. The maximum absolute atomic E-state index is 12.4. The van der Waals surface area contributed by atoms with E-state index in [1.807, 2.05) is 49.4 Å². The van der Waals surface area contributed by atoms with Gasteiger partial charge in [0.2, 0.25) is 0 Å². The van der Waals surface area contributed by atoms with Gasteiger partial charge in [0.25, 0.3) is 0 Å². The van der Waals surface area contributed by atoms with E-state index in [0.717, 1.165) is 11.1 Å². The predicted octanol–water partition coefficient (Wildman–Crippen LogP) is 3.25. The molecule has 0 fully saturated rings. The van der Waals surface area contributed by atoms with Crippen LogP contribution in [0.5, 0.6) is 0 Å². The van der Waals surface area contributed by atoms with Crippen molar-refractivity contribution in [2.75, 3.05) is 5.75 Å². The highest BCUT2D eigenvalue weighted by Crippen LogP contribution is 2.29. The fraction of sp³-hybridized carbons (Fsp3) is 0.188. The molecule has 20 heavy (non-hydrogen) atoms. The number of rotatable bonds is 7. The van der Waals surface area contributed by atoms with Gasteiger partial charge in [0.15, 0.2) is 0 Å². The Bertz CT molecular complexity index is 544. The molecule has 0 heterocycles. The first-order valence-electron chi connectivity index (χ1n) is 6.19. The molecule has 3 nitrogen and oxygen atoms in total. The molecule has 1 aromatic carbocycles. The van der Waals surface area contributed by atoms with Crippen molar-refractivity contribution in [2.45, 2.75) is 12.2 Å². The summed E-state index contributed by atoms with van der Waals surface area (Å²) in [5.74, 6) is -1.45. The van der Waals surface area contributed by atoms with Crippen LogP contribution in [0, 0.1) is 0 Å². The summed E-state index contributed by atoms with van der Waals surface area (Å²) in [7, 11) is -1.54. The first kappa shape index (κ1) is 16.1. The first-order valence-corrected chi connectivity index (χ1v) is 7.57. The van der Waals surface area contributed by atoms with Crippen LogP contribution in [0.15, 0.2) is 66.8 Å². The van der Waals surface area contributed by atoms with Crippen LogP contribution in [-0.4, -0.2) is 21.0 Å². The Labute approximate surface area is 121 Å². The molecule has 1 aromatic rings. The average Bonchev–Trinajstić information content (AvgIpc) is 2.40. The van der Waals surface area contributed by atoms with Crippen molar-refractivity contribution in [3.05, 3.63) is 72.4 Å². The second-order valence-corrected chi connectivity index (χ2v) is 5.63. The first-order chi connectivity index (χ1) is 9.60. The lowest BCUT2D eigenvalue weighted by Crippen LogP contribution is -2.17. The molecule has 106 valence electrons. The van der Waals surface area contributed by atoms with Gasteiger partial charge in [-0.2, -0.15) is 0 Å². The molecule has 0 radical (unpaired) electrons.